The van der Waals surface area contributed by atoms with Crippen LogP contribution in [0.15, 0.2) is 36.7 Å². The molecular formula is C31H40N4O7. The average Bonchev–Trinajstić information content (AvgIpc) is 3.54. The number of nitrogens with zero attached hydrogens (tertiary/aromatic N) is 3. The number of benzene rings is 2. The lowest BCUT2D eigenvalue weighted by Gasteiger charge is -2.33. The molecule has 3 aromatic rings. The molecule has 0 radical (unpaired) electrons. The molecule has 0 aliphatic carbocycles. The van der Waals surface area contributed by atoms with Gasteiger partial charge in [0.25, 0.3) is 5.91 Å². The Balaban J connectivity index is 1.25. The summed E-state index contributed by atoms with van der Waals surface area (Å²) in [5.41, 5.74) is 2.60. The maximum Gasteiger partial charge on any atom is 0.251 e. The van der Waals surface area contributed by atoms with Crippen LogP contribution in [0.25, 0.3) is 10.9 Å². The molecular weight excluding hydrogens is 540 g/mol. The van der Waals surface area contributed by atoms with Gasteiger partial charge in [0.1, 0.15) is 43.3 Å². The van der Waals surface area contributed by atoms with Gasteiger partial charge >= 0.3 is 0 Å². The zero-order valence-electron chi connectivity index (χ0n) is 24.6. The minimum Gasteiger partial charge on any atom is -0.490 e. The number of amides is 1. The minimum atomic E-state index is -0.261. The highest BCUT2D eigenvalue weighted by atomic mass is 16.5. The molecule has 2 aromatic carbocycles. The van der Waals surface area contributed by atoms with Crippen molar-refractivity contribution in [1.82, 2.24) is 14.9 Å². The molecule has 1 unspecified atom stereocenters. The molecule has 11 heteroatoms. The second-order valence-electron chi connectivity index (χ2n) is 10.5. The van der Waals surface area contributed by atoms with Crippen LogP contribution in [0.1, 0.15) is 31.2 Å². The SMILES string of the molecule is COCCOc1cc2ncnc(Nc3ccc(OC4CCN(C(=O)C5CCCO5)CC4)c(C)c3)c2cc1OCCOC. The van der Waals surface area contributed by atoms with Gasteiger partial charge in [-0.2, -0.15) is 0 Å². The Morgan fingerprint density at radius 1 is 0.952 bits per heavy atom. The van der Waals surface area contributed by atoms with Crippen molar-refractivity contribution in [3.8, 4) is 17.2 Å². The molecule has 1 amide bonds. The fourth-order valence-corrected chi connectivity index (χ4v) is 5.20. The van der Waals surface area contributed by atoms with E-state index in [0.717, 1.165) is 53.6 Å². The fraction of sp³-hybridized carbons (Fsp3) is 0.516. The molecule has 2 aliphatic rings. The summed E-state index contributed by atoms with van der Waals surface area (Å²) in [5.74, 6) is 2.77. The molecule has 11 nitrogen and oxygen atoms in total. The summed E-state index contributed by atoms with van der Waals surface area (Å²) in [6, 6.07) is 9.73. The standard InChI is InChI=1S/C31H40N4O7/c1-21-17-22(6-7-26(21)42-23-8-10-35(11-9-23)31(36)27-5-4-12-39-27)34-30-24-18-28(40-15-13-37-2)29(41-16-14-38-3)19-25(24)32-20-33-30/h6-7,17-20,23,27H,4-5,8-16H2,1-3H3,(H,32,33,34). The third kappa shape index (κ3) is 7.39. The van der Waals surface area contributed by atoms with Crippen molar-refractivity contribution in [2.45, 2.75) is 44.8 Å². The summed E-state index contributed by atoms with van der Waals surface area (Å²) >= 11 is 0. The van der Waals surface area contributed by atoms with Crippen molar-refractivity contribution in [3.63, 3.8) is 0 Å². The molecule has 0 bridgehead atoms. The number of aryl methyl sites for hydroxylation is 1. The summed E-state index contributed by atoms with van der Waals surface area (Å²) in [5, 5.41) is 4.22. The van der Waals surface area contributed by atoms with Gasteiger partial charge in [-0.05, 0) is 49.6 Å². The van der Waals surface area contributed by atoms with Crippen LogP contribution in [-0.2, 0) is 19.0 Å². The highest BCUT2D eigenvalue weighted by molar-refractivity contribution is 5.93. The van der Waals surface area contributed by atoms with Crippen LogP contribution in [0.4, 0.5) is 11.5 Å². The van der Waals surface area contributed by atoms with Crippen molar-refractivity contribution in [1.29, 1.82) is 0 Å². The van der Waals surface area contributed by atoms with Crippen LogP contribution in [0.3, 0.4) is 0 Å². The van der Waals surface area contributed by atoms with E-state index in [1.54, 1.807) is 14.2 Å². The van der Waals surface area contributed by atoms with E-state index in [-0.39, 0.29) is 18.1 Å². The number of fused-ring (bicyclic) bond motifs is 1. The molecule has 1 atom stereocenters. The first-order valence-electron chi connectivity index (χ1n) is 14.5. The third-order valence-corrected chi connectivity index (χ3v) is 7.48. The Morgan fingerprint density at radius 3 is 2.36 bits per heavy atom. The smallest absolute Gasteiger partial charge is 0.251 e. The number of aromatic nitrogens is 2. The third-order valence-electron chi connectivity index (χ3n) is 7.48. The van der Waals surface area contributed by atoms with Crippen LogP contribution in [0.5, 0.6) is 17.2 Å². The maximum absolute atomic E-state index is 12.7. The lowest BCUT2D eigenvalue weighted by molar-refractivity contribution is -0.142. The average molecular weight is 581 g/mol. The number of piperidine rings is 1. The zero-order chi connectivity index (χ0) is 29.3. The van der Waals surface area contributed by atoms with E-state index >= 15 is 0 Å². The van der Waals surface area contributed by atoms with E-state index in [1.807, 2.05) is 42.2 Å². The predicted molar refractivity (Wildman–Crippen MR) is 158 cm³/mol. The highest BCUT2D eigenvalue weighted by Crippen LogP contribution is 2.36. The van der Waals surface area contributed by atoms with Gasteiger partial charge in [-0.1, -0.05) is 0 Å². The monoisotopic (exact) mass is 580 g/mol. The van der Waals surface area contributed by atoms with Crippen LogP contribution in [0.2, 0.25) is 0 Å². The molecule has 0 saturated carbocycles. The number of methoxy groups -OCH3 is 2. The van der Waals surface area contributed by atoms with Crippen LogP contribution in [-0.4, -0.2) is 93.3 Å². The minimum absolute atomic E-state index is 0.0682. The number of carbonyl (C=O) groups is 1. The number of carbonyl (C=O) groups excluding carboxylic acids is 1. The number of rotatable bonds is 13. The van der Waals surface area contributed by atoms with Gasteiger partial charge in [-0.15, -0.1) is 0 Å². The topological polar surface area (TPSA) is 114 Å². The molecule has 2 fully saturated rings. The van der Waals surface area contributed by atoms with Gasteiger partial charge in [0.2, 0.25) is 0 Å². The number of hydrogen-bond donors (Lipinski definition) is 1. The maximum atomic E-state index is 12.7. The van der Waals surface area contributed by atoms with Crippen LogP contribution < -0.4 is 19.5 Å². The van der Waals surface area contributed by atoms with Crippen molar-refractivity contribution in [2.75, 3.05) is 65.7 Å². The molecule has 2 aliphatic heterocycles. The first-order chi connectivity index (χ1) is 20.6. The quantitative estimate of drug-likeness (QED) is 0.294. The molecule has 226 valence electrons. The van der Waals surface area contributed by atoms with Gasteiger partial charge in [-0.3, -0.25) is 4.79 Å². The highest BCUT2D eigenvalue weighted by Gasteiger charge is 2.31. The first kappa shape index (κ1) is 29.8. The second kappa shape index (κ2) is 14.5. The van der Waals surface area contributed by atoms with Crippen LogP contribution >= 0.6 is 0 Å². The summed E-state index contributed by atoms with van der Waals surface area (Å²) in [6.07, 6.45) is 4.72. The molecule has 3 heterocycles. The number of anilines is 2. The molecule has 2 saturated heterocycles. The van der Waals surface area contributed by atoms with Crippen molar-refractivity contribution >= 4 is 28.3 Å². The molecule has 0 spiro atoms. The van der Waals surface area contributed by atoms with E-state index in [4.69, 9.17) is 28.4 Å². The summed E-state index contributed by atoms with van der Waals surface area (Å²) in [6.45, 7) is 5.77. The lowest BCUT2D eigenvalue weighted by Crippen LogP contribution is -2.45. The van der Waals surface area contributed by atoms with E-state index in [2.05, 4.69) is 15.3 Å². The molecule has 1 aromatic heterocycles. The van der Waals surface area contributed by atoms with Crippen molar-refractivity contribution in [3.05, 3.63) is 42.2 Å². The van der Waals surface area contributed by atoms with Crippen molar-refractivity contribution < 1.29 is 33.2 Å². The van der Waals surface area contributed by atoms with E-state index < -0.39 is 0 Å². The summed E-state index contributed by atoms with van der Waals surface area (Å²) in [4.78, 5) is 23.5. The molecule has 1 N–H and O–H groups in total. The Labute approximate surface area is 246 Å². The van der Waals surface area contributed by atoms with Crippen LogP contribution in [0, 0.1) is 6.92 Å². The predicted octanol–water partition coefficient (Wildman–Crippen LogP) is 4.28. The Morgan fingerprint density at radius 2 is 1.69 bits per heavy atom. The summed E-state index contributed by atoms with van der Waals surface area (Å²) < 4.78 is 34.0. The second-order valence-corrected chi connectivity index (χ2v) is 10.5. The molecule has 5 rings (SSSR count). The van der Waals surface area contributed by atoms with Gasteiger partial charge in [-0.25, -0.2) is 9.97 Å². The largest absolute Gasteiger partial charge is 0.490 e. The van der Waals surface area contributed by atoms with Gasteiger partial charge in [0.05, 0.1) is 18.7 Å². The van der Waals surface area contributed by atoms with E-state index in [0.29, 0.717) is 63.4 Å². The summed E-state index contributed by atoms with van der Waals surface area (Å²) in [7, 11) is 3.26. The van der Waals surface area contributed by atoms with E-state index in [1.165, 1.54) is 6.33 Å². The normalized spacial score (nSPS) is 17.4. The Kier molecular flexibility index (Phi) is 10.3. The number of likely N-dealkylation sites (tertiary alicyclic amines) is 1. The molecule has 42 heavy (non-hydrogen) atoms. The Hall–Kier alpha value is -3.67. The van der Waals surface area contributed by atoms with Gasteiger partial charge in [0.15, 0.2) is 11.5 Å². The fourth-order valence-electron chi connectivity index (χ4n) is 5.20. The Bertz CT molecular complexity index is 1340. The number of nitrogens with one attached hydrogen (secondary N) is 1. The van der Waals surface area contributed by atoms with Gasteiger partial charge in [0, 0.05) is 63.9 Å². The van der Waals surface area contributed by atoms with Gasteiger partial charge < -0.3 is 38.6 Å². The lowest BCUT2D eigenvalue weighted by atomic mass is 10.1. The number of hydrogen-bond acceptors (Lipinski definition) is 10. The van der Waals surface area contributed by atoms with Crippen molar-refractivity contribution in [2.24, 2.45) is 0 Å². The number of ether oxygens (including phenoxy) is 6. The van der Waals surface area contributed by atoms with E-state index in [9.17, 15) is 4.79 Å². The zero-order valence-corrected chi connectivity index (χ0v) is 24.6. The first-order valence-corrected chi connectivity index (χ1v) is 14.5.